The first kappa shape index (κ1) is 10.9. The van der Waals surface area contributed by atoms with E-state index in [0.29, 0.717) is 19.2 Å². The SMILES string of the molecule is NC1CCCCC1N1CCCOC(=O)C1. The zero-order valence-electron chi connectivity index (χ0n) is 9.15. The van der Waals surface area contributed by atoms with Crippen LogP contribution in [-0.2, 0) is 9.53 Å². The quantitative estimate of drug-likeness (QED) is 0.643. The average Bonchev–Trinajstić information content (AvgIpc) is 2.43. The maximum absolute atomic E-state index is 11.3. The lowest BCUT2D eigenvalue weighted by Crippen LogP contribution is -2.50. The highest BCUT2D eigenvalue weighted by molar-refractivity contribution is 5.71. The minimum Gasteiger partial charge on any atom is -0.465 e. The molecule has 0 radical (unpaired) electrons. The van der Waals surface area contributed by atoms with E-state index >= 15 is 0 Å². The summed E-state index contributed by atoms with van der Waals surface area (Å²) in [6.45, 7) is 1.94. The Kier molecular flexibility index (Phi) is 3.59. The lowest BCUT2D eigenvalue weighted by molar-refractivity contribution is -0.143. The Morgan fingerprint density at radius 3 is 2.87 bits per heavy atom. The molecule has 4 nitrogen and oxygen atoms in total. The number of esters is 1. The zero-order chi connectivity index (χ0) is 10.7. The fourth-order valence-electron chi connectivity index (χ4n) is 2.62. The standard InChI is InChI=1S/C11H20N2O2/c12-9-4-1-2-5-10(9)13-6-3-7-15-11(14)8-13/h9-10H,1-8,12H2. The molecule has 15 heavy (non-hydrogen) atoms. The van der Waals surface area contributed by atoms with Gasteiger partial charge in [0.25, 0.3) is 0 Å². The number of ether oxygens (including phenoxy) is 1. The smallest absolute Gasteiger partial charge is 0.320 e. The Morgan fingerprint density at radius 1 is 1.27 bits per heavy atom. The number of carbonyl (C=O) groups excluding carboxylic acids is 1. The van der Waals surface area contributed by atoms with E-state index in [0.717, 1.165) is 25.8 Å². The average molecular weight is 212 g/mol. The van der Waals surface area contributed by atoms with Crippen LogP contribution in [0.25, 0.3) is 0 Å². The van der Waals surface area contributed by atoms with Gasteiger partial charge in [0.05, 0.1) is 13.2 Å². The minimum atomic E-state index is -0.0923. The fourth-order valence-corrected chi connectivity index (χ4v) is 2.62. The van der Waals surface area contributed by atoms with Crippen molar-refractivity contribution in [3.8, 4) is 0 Å². The zero-order valence-corrected chi connectivity index (χ0v) is 9.15. The molecular weight excluding hydrogens is 192 g/mol. The summed E-state index contributed by atoms with van der Waals surface area (Å²) in [7, 11) is 0. The third-order valence-electron chi connectivity index (χ3n) is 3.44. The van der Waals surface area contributed by atoms with Gasteiger partial charge in [-0.05, 0) is 19.3 Å². The molecule has 0 aromatic carbocycles. The van der Waals surface area contributed by atoms with Gasteiger partial charge in [-0.2, -0.15) is 0 Å². The molecule has 86 valence electrons. The Labute approximate surface area is 90.8 Å². The first-order valence-electron chi connectivity index (χ1n) is 5.92. The second kappa shape index (κ2) is 4.94. The second-order valence-electron chi connectivity index (χ2n) is 4.56. The third-order valence-corrected chi connectivity index (χ3v) is 3.44. The topological polar surface area (TPSA) is 55.6 Å². The van der Waals surface area contributed by atoms with Crippen molar-refractivity contribution in [2.45, 2.75) is 44.2 Å². The summed E-state index contributed by atoms with van der Waals surface area (Å²) < 4.78 is 5.04. The largest absolute Gasteiger partial charge is 0.465 e. The van der Waals surface area contributed by atoms with Crippen molar-refractivity contribution in [1.82, 2.24) is 4.90 Å². The van der Waals surface area contributed by atoms with Crippen LogP contribution in [0.5, 0.6) is 0 Å². The number of cyclic esters (lactones) is 1. The van der Waals surface area contributed by atoms with E-state index in [-0.39, 0.29) is 12.0 Å². The summed E-state index contributed by atoms with van der Waals surface area (Å²) in [6, 6.07) is 0.633. The second-order valence-corrected chi connectivity index (χ2v) is 4.56. The molecule has 1 heterocycles. The number of hydrogen-bond donors (Lipinski definition) is 1. The number of nitrogens with two attached hydrogens (primary N) is 1. The van der Waals surface area contributed by atoms with E-state index in [1.807, 2.05) is 0 Å². The van der Waals surface area contributed by atoms with E-state index in [9.17, 15) is 4.79 Å². The van der Waals surface area contributed by atoms with Crippen molar-refractivity contribution in [3.05, 3.63) is 0 Å². The van der Waals surface area contributed by atoms with Gasteiger partial charge < -0.3 is 10.5 Å². The van der Waals surface area contributed by atoms with Crippen LogP contribution in [0.3, 0.4) is 0 Å². The van der Waals surface area contributed by atoms with Gasteiger partial charge in [-0.25, -0.2) is 0 Å². The normalized spacial score (nSPS) is 34.6. The summed E-state index contributed by atoms with van der Waals surface area (Å²) >= 11 is 0. The first-order valence-corrected chi connectivity index (χ1v) is 5.92. The third kappa shape index (κ3) is 2.69. The monoisotopic (exact) mass is 212 g/mol. The summed E-state index contributed by atoms with van der Waals surface area (Å²) in [6.07, 6.45) is 5.64. The van der Waals surface area contributed by atoms with Gasteiger partial charge in [-0.3, -0.25) is 9.69 Å². The van der Waals surface area contributed by atoms with Crippen LogP contribution < -0.4 is 5.73 Å². The Balaban J connectivity index is 1.97. The van der Waals surface area contributed by atoms with E-state index in [1.165, 1.54) is 12.8 Å². The van der Waals surface area contributed by atoms with Crippen LogP contribution in [0.4, 0.5) is 0 Å². The van der Waals surface area contributed by atoms with Gasteiger partial charge in [0, 0.05) is 18.6 Å². The summed E-state index contributed by atoms with van der Waals surface area (Å²) in [5.41, 5.74) is 6.11. The van der Waals surface area contributed by atoms with Crippen molar-refractivity contribution in [3.63, 3.8) is 0 Å². The van der Waals surface area contributed by atoms with Crippen LogP contribution >= 0.6 is 0 Å². The summed E-state index contributed by atoms with van der Waals surface area (Å²) in [5, 5.41) is 0. The van der Waals surface area contributed by atoms with Crippen LogP contribution in [-0.4, -0.2) is 42.6 Å². The van der Waals surface area contributed by atoms with Crippen molar-refractivity contribution in [2.24, 2.45) is 5.73 Å². The van der Waals surface area contributed by atoms with Crippen LogP contribution in [0.1, 0.15) is 32.1 Å². The van der Waals surface area contributed by atoms with E-state index in [4.69, 9.17) is 10.5 Å². The molecule has 2 N–H and O–H groups in total. The molecule has 0 aromatic heterocycles. The lowest BCUT2D eigenvalue weighted by atomic mass is 9.89. The molecule has 0 amide bonds. The minimum absolute atomic E-state index is 0.0923. The molecule has 0 spiro atoms. The van der Waals surface area contributed by atoms with Gasteiger partial charge in [0.1, 0.15) is 0 Å². The Morgan fingerprint density at radius 2 is 2.07 bits per heavy atom. The molecule has 0 bridgehead atoms. The van der Waals surface area contributed by atoms with E-state index in [1.54, 1.807) is 0 Å². The number of carbonyl (C=O) groups is 1. The highest BCUT2D eigenvalue weighted by atomic mass is 16.5. The van der Waals surface area contributed by atoms with Crippen molar-refractivity contribution in [1.29, 1.82) is 0 Å². The van der Waals surface area contributed by atoms with Crippen molar-refractivity contribution < 1.29 is 9.53 Å². The summed E-state index contributed by atoms with van der Waals surface area (Å²) in [4.78, 5) is 13.6. The molecule has 2 atom stereocenters. The Bertz CT molecular complexity index is 233. The number of hydrogen-bond acceptors (Lipinski definition) is 4. The van der Waals surface area contributed by atoms with Gasteiger partial charge >= 0.3 is 5.97 Å². The molecule has 4 heteroatoms. The molecule has 0 aromatic rings. The van der Waals surface area contributed by atoms with Gasteiger partial charge in [0.15, 0.2) is 0 Å². The van der Waals surface area contributed by atoms with E-state index in [2.05, 4.69) is 4.90 Å². The van der Waals surface area contributed by atoms with Crippen LogP contribution in [0, 0.1) is 0 Å². The van der Waals surface area contributed by atoms with Gasteiger partial charge in [-0.15, -0.1) is 0 Å². The number of rotatable bonds is 1. The van der Waals surface area contributed by atoms with Gasteiger partial charge in [0.2, 0.25) is 0 Å². The number of nitrogens with zero attached hydrogens (tertiary/aromatic N) is 1. The van der Waals surface area contributed by atoms with Crippen LogP contribution in [0.2, 0.25) is 0 Å². The highest BCUT2D eigenvalue weighted by Crippen LogP contribution is 2.22. The van der Waals surface area contributed by atoms with Gasteiger partial charge in [-0.1, -0.05) is 12.8 Å². The molecular formula is C11H20N2O2. The molecule has 1 saturated heterocycles. The molecule has 2 aliphatic rings. The molecule has 2 rings (SSSR count). The van der Waals surface area contributed by atoms with Crippen LogP contribution in [0.15, 0.2) is 0 Å². The molecule has 1 aliphatic heterocycles. The summed E-state index contributed by atoms with van der Waals surface area (Å²) in [5.74, 6) is -0.0923. The van der Waals surface area contributed by atoms with Crippen molar-refractivity contribution in [2.75, 3.05) is 19.7 Å². The Hall–Kier alpha value is -0.610. The predicted octanol–water partition coefficient (Wildman–Crippen LogP) is 0.505. The lowest BCUT2D eigenvalue weighted by Gasteiger charge is -2.36. The molecule has 1 aliphatic carbocycles. The van der Waals surface area contributed by atoms with E-state index < -0.39 is 0 Å². The van der Waals surface area contributed by atoms with Crippen molar-refractivity contribution >= 4 is 5.97 Å². The molecule has 1 saturated carbocycles. The first-order chi connectivity index (χ1) is 7.27. The maximum Gasteiger partial charge on any atom is 0.320 e. The molecule has 2 unspecified atom stereocenters. The predicted molar refractivity (Wildman–Crippen MR) is 57.4 cm³/mol. The maximum atomic E-state index is 11.3. The fraction of sp³-hybridized carbons (Fsp3) is 0.909. The highest BCUT2D eigenvalue weighted by Gasteiger charge is 2.30. The molecule has 2 fully saturated rings.